The van der Waals surface area contributed by atoms with E-state index in [2.05, 4.69) is 5.32 Å². The van der Waals surface area contributed by atoms with Gasteiger partial charge < -0.3 is 15.1 Å². The molecule has 3 rings (SSSR count). The lowest BCUT2D eigenvalue weighted by atomic mass is 10.1. The van der Waals surface area contributed by atoms with E-state index in [9.17, 15) is 9.59 Å². The molecule has 1 aromatic rings. The fourth-order valence-corrected chi connectivity index (χ4v) is 2.61. The van der Waals surface area contributed by atoms with Gasteiger partial charge in [0.2, 0.25) is 0 Å². The molecule has 1 aromatic carbocycles. The second kappa shape index (κ2) is 4.10. The van der Waals surface area contributed by atoms with Crippen LogP contribution in [0.4, 0.5) is 5.69 Å². The van der Waals surface area contributed by atoms with E-state index in [1.54, 1.807) is 22.9 Å². The molecule has 5 heteroatoms. The fourth-order valence-electron chi connectivity index (χ4n) is 2.61. The van der Waals surface area contributed by atoms with Gasteiger partial charge in [-0.2, -0.15) is 0 Å². The lowest BCUT2D eigenvalue weighted by Gasteiger charge is -2.34. The van der Waals surface area contributed by atoms with Crippen LogP contribution in [0.2, 0.25) is 0 Å². The molecule has 0 radical (unpaired) electrons. The molecule has 1 N–H and O–H groups in total. The molecule has 2 heterocycles. The number of amides is 2. The first-order valence-electron chi connectivity index (χ1n) is 6.08. The van der Waals surface area contributed by atoms with Gasteiger partial charge in [-0.05, 0) is 12.1 Å². The van der Waals surface area contributed by atoms with Gasteiger partial charge >= 0.3 is 0 Å². The van der Waals surface area contributed by atoms with Gasteiger partial charge in [-0.15, -0.1) is 0 Å². The minimum absolute atomic E-state index is 0.0273. The molecule has 1 atom stereocenters. The van der Waals surface area contributed by atoms with Crippen molar-refractivity contribution in [3.05, 3.63) is 29.8 Å². The second-order valence-corrected chi connectivity index (χ2v) is 4.63. The Morgan fingerprint density at radius 1 is 1.28 bits per heavy atom. The number of hydrogen-bond acceptors (Lipinski definition) is 3. The van der Waals surface area contributed by atoms with E-state index in [1.807, 2.05) is 18.2 Å². The number of carbonyl (C=O) groups excluding carboxylic acids is 2. The highest BCUT2D eigenvalue weighted by atomic mass is 16.2. The molecular formula is C13H15N3O2. The molecule has 0 saturated carbocycles. The number of rotatable bonds is 0. The largest absolute Gasteiger partial charge is 0.324 e. The van der Waals surface area contributed by atoms with Crippen molar-refractivity contribution in [2.24, 2.45) is 0 Å². The second-order valence-electron chi connectivity index (χ2n) is 4.63. The zero-order chi connectivity index (χ0) is 12.7. The first kappa shape index (κ1) is 11.2. The van der Waals surface area contributed by atoms with E-state index in [-0.39, 0.29) is 17.9 Å². The highest BCUT2D eigenvalue weighted by Crippen LogP contribution is 2.27. The topological polar surface area (TPSA) is 52.7 Å². The first-order chi connectivity index (χ1) is 8.70. The van der Waals surface area contributed by atoms with Crippen LogP contribution >= 0.6 is 0 Å². The molecule has 1 unspecified atom stereocenters. The number of piperazine rings is 1. The molecule has 2 amide bonds. The maximum absolute atomic E-state index is 12.5. The number of likely N-dealkylation sites (N-methyl/N-ethyl adjacent to an activating group) is 1. The molecule has 2 aliphatic heterocycles. The third-order valence-electron chi connectivity index (χ3n) is 3.62. The Morgan fingerprint density at radius 3 is 2.89 bits per heavy atom. The van der Waals surface area contributed by atoms with Crippen molar-refractivity contribution in [2.45, 2.75) is 6.04 Å². The molecule has 18 heavy (non-hydrogen) atoms. The van der Waals surface area contributed by atoms with Crippen LogP contribution < -0.4 is 10.2 Å². The molecule has 2 aliphatic rings. The zero-order valence-corrected chi connectivity index (χ0v) is 10.2. The summed E-state index contributed by atoms with van der Waals surface area (Å²) in [7, 11) is 1.73. The summed E-state index contributed by atoms with van der Waals surface area (Å²) in [5.41, 5.74) is 1.31. The van der Waals surface area contributed by atoms with Gasteiger partial charge in [-0.3, -0.25) is 9.59 Å². The third-order valence-corrected chi connectivity index (χ3v) is 3.62. The van der Waals surface area contributed by atoms with Crippen molar-refractivity contribution in [2.75, 3.05) is 31.6 Å². The van der Waals surface area contributed by atoms with Gasteiger partial charge in [0.1, 0.15) is 6.04 Å². The van der Waals surface area contributed by atoms with Crippen LogP contribution in [0.5, 0.6) is 0 Å². The molecule has 0 aromatic heterocycles. The molecule has 0 spiro atoms. The van der Waals surface area contributed by atoms with Gasteiger partial charge in [0.25, 0.3) is 11.8 Å². The Morgan fingerprint density at radius 2 is 2.06 bits per heavy atom. The van der Waals surface area contributed by atoms with E-state index in [0.717, 1.165) is 6.54 Å². The number of para-hydroxylation sites is 1. The predicted molar refractivity (Wildman–Crippen MR) is 67.5 cm³/mol. The van der Waals surface area contributed by atoms with Gasteiger partial charge in [-0.25, -0.2) is 0 Å². The summed E-state index contributed by atoms with van der Waals surface area (Å²) < 4.78 is 0. The summed E-state index contributed by atoms with van der Waals surface area (Å²) in [4.78, 5) is 28.1. The fraction of sp³-hybridized carbons (Fsp3) is 0.385. The van der Waals surface area contributed by atoms with E-state index < -0.39 is 0 Å². The maximum Gasteiger partial charge on any atom is 0.256 e. The third kappa shape index (κ3) is 1.51. The van der Waals surface area contributed by atoms with Crippen molar-refractivity contribution in [3.63, 3.8) is 0 Å². The van der Waals surface area contributed by atoms with E-state index in [1.165, 1.54) is 0 Å². The summed E-state index contributed by atoms with van der Waals surface area (Å²) >= 11 is 0. The lowest BCUT2D eigenvalue weighted by molar-refractivity contribution is -0.123. The smallest absolute Gasteiger partial charge is 0.256 e. The Kier molecular flexibility index (Phi) is 2.56. The lowest BCUT2D eigenvalue weighted by Crippen LogP contribution is -2.58. The highest BCUT2D eigenvalue weighted by molar-refractivity contribution is 6.10. The van der Waals surface area contributed by atoms with Crippen molar-refractivity contribution >= 4 is 17.5 Å². The molecular weight excluding hydrogens is 230 g/mol. The molecule has 0 aliphatic carbocycles. The molecule has 1 fully saturated rings. The molecule has 1 saturated heterocycles. The van der Waals surface area contributed by atoms with Crippen molar-refractivity contribution in [1.82, 2.24) is 10.2 Å². The van der Waals surface area contributed by atoms with Crippen molar-refractivity contribution < 1.29 is 9.59 Å². The van der Waals surface area contributed by atoms with Crippen LogP contribution in [-0.2, 0) is 4.79 Å². The standard InChI is InChI=1S/C13H15N3O2/c1-15-10-5-3-2-4-9(10)12(17)16-7-6-14-8-11(16)13(15)18/h2-5,11,14H,6-8H2,1H3. The number of hydrogen-bond donors (Lipinski definition) is 1. The van der Waals surface area contributed by atoms with Gasteiger partial charge in [0.15, 0.2) is 0 Å². The number of nitrogens with zero attached hydrogens (tertiary/aromatic N) is 2. The van der Waals surface area contributed by atoms with E-state index >= 15 is 0 Å². The van der Waals surface area contributed by atoms with Gasteiger partial charge in [0, 0.05) is 26.7 Å². The summed E-state index contributed by atoms with van der Waals surface area (Å²) in [6, 6.07) is 6.89. The monoisotopic (exact) mass is 245 g/mol. The Balaban J connectivity index is 2.13. The number of anilines is 1. The Hall–Kier alpha value is -1.88. The molecule has 0 bridgehead atoms. The summed E-state index contributed by atoms with van der Waals surface area (Å²) in [6.45, 7) is 1.85. The number of carbonyl (C=O) groups is 2. The average molecular weight is 245 g/mol. The Labute approximate surface area is 105 Å². The Bertz CT molecular complexity index is 515. The van der Waals surface area contributed by atoms with Crippen molar-refractivity contribution in [3.8, 4) is 0 Å². The normalized spacial score (nSPS) is 23.5. The molecule has 94 valence electrons. The number of nitrogens with one attached hydrogen (secondary N) is 1. The van der Waals surface area contributed by atoms with Crippen LogP contribution in [0.3, 0.4) is 0 Å². The highest BCUT2D eigenvalue weighted by Gasteiger charge is 2.39. The quantitative estimate of drug-likeness (QED) is 0.704. The maximum atomic E-state index is 12.5. The SMILES string of the molecule is CN1C(=O)C2CNCCN2C(=O)c2ccccc21. The summed E-state index contributed by atoms with van der Waals surface area (Å²) in [5.74, 6) is -0.0738. The summed E-state index contributed by atoms with van der Waals surface area (Å²) in [5, 5.41) is 3.17. The van der Waals surface area contributed by atoms with E-state index in [4.69, 9.17) is 0 Å². The van der Waals surface area contributed by atoms with Crippen molar-refractivity contribution in [1.29, 1.82) is 0 Å². The van der Waals surface area contributed by atoms with Crippen LogP contribution in [-0.4, -0.2) is 49.4 Å². The van der Waals surface area contributed by atoms with Gasteiger partial charge in [0.05, 0.1) is 11.3 Å². The van der Waals surface area contributed by atoms with Crippen LogP contribution in [0.1, 0.15) is 10.4 Å². The minimum atomic E-state index is -0.386. The van der Waals surface area contributed by atoms with Gasteiger partial charge in [-0.1, -0.05) is 12.1 Å². The zero-order valence-electron chi connectivity index (χ0n) is 10.2. The average Bonchev–Trinajstić information content (AvgIpc) is 2.51. The number of benzene rings is 1. The first-order valence-corrected chi connectivity index (χ1v) is 6.08. The minimum Gasteiger partial charge on any atom is -0.324 e. The number of fused-ring (bicyclic) bond motifs is 2. The van der Waals surface area contributed by atoms with E-state index in [0.29, 0.717) is 24.3 Å². The molecule has 5 nitrogen and oxygen atoms in total. The van der Waals surface area contributed by atoms with Crippen LogP contribution in [0.15, 0.2) is 24.3 Å². The predicted octanol–water partition coefficient (Wildman–Crippen LogP) is 0.0770. The van der Waals surface area contributed by atoms with Crippen LogP contribution in [0, 0.1) is 0 Å². The van der Waals surface area contributed by atoms with Crippen LogP contribution in [0.25, 0.3) is 0 Å². The summed E-state index contributed by atoms with van der Waals surface area (Å²) in [6.07, 6.45) is 0.